The Hall–Kier alpha value is -2.36. The van der Waals surface area contributed by atoms with Gasteiger partial charge in [0.05, 0.1) is 20.2 Å². The van der Waals surface area contributed by atoms with Crippen LogP contribution in [0, 0.1) is 5.82 Å². The maximum absolute atomic E-state index is 13.7. The third-order valence-corrected chi connectivity index (χ3v) is 4.04. The molecule has 2 aromatic rings. The fourth-order valence-electron chi connectivity index (χ4n) is 2.46. The molecule has 0 aliphatic carbocycles. The number of hydrogen-bond donors (Lipinski definition) is 2. The van der Waals surface area contributed by atoms with Gasteiger partial charge in [0, 0.05) is 26.7 Å². The molecule has 2 aromatic carbocycles. The summed E-state index contributed by atoms with van der Waals surface area (Å²) in [6.45, 7) is 1.03. The van der Waals surface area contributed by atoms with Gasteiger partial charge in [-0.2, -0.15) is 0 Å². The minimum Gasteiger partial charge on any atom is -0.497 e. The van der Waals surface area contributed by atoms with Crippen molar-refractivity contribution < 1.29 is 13.9 Å². The average Bonchev–Trinajstić information content (AvgIpc) is 2.69. The van der Waals surface area contributed by atoms with Gasteiger partial charge in [0.25, 0.3) is 0 Å². The molecule has 0 heterocycles. The third-order valence-electron chi connectivity index (χ3n) is 4.04. The maximum Gasteiger partial charge on any atom is 0.241 e. The largest absolute Gasteiger partial charge is 0.497 e. The first-order chi connectivity index (χ1) is 13.5. The van der Waals surface area contributed by atoms with Crippen LogP contribution in [0.1, 0.15) is 11.1 Å². The predicted molar refractivity (Wildman–Crippen MR) is 124 cm³/mol. The van der Waals surface area contributed by atoms with E-state index >= 15 is 0 Å². The number of methoxy groups -OCH3 is 1. The van der Waals surface area contributed by atoms with E-state index in [1.807, 2.05) is 18.2 Å². The standard InChI is InChI=1S/C21H27FN4O2.HI/c1-26(2)20(27)15-25-21(23-10-9-16-7-5-4-6-8-16)24-14-17-11-18(22)13-19(12-17)28-3;/h4-8,11-13H,9-10,14-15H2,1-3H3,(H2,23,24,25);1H. The Labute approximate surface area is 188 Å². The second-order valence-corrected chi connectivity index (χ2v) is 6.47. The number of carbonyl (C=O) groups is 1. The molecule has 6 nitrogen and oxygen atoms in total. The first-order valence-corrected chi connectivity index (χ1v) is 9.07. The van der Waals surface area contributed by atoms with Crippen LogP contribution in [0.4, 0.5) is 4.39 Å². The third kappa shape index (κ3) is 9.12. The first kappa shape index (κ1) is 24.7. The number of nitrogens with one attached hydrogen (secondary N) is 2. The van der Waals surface area contributed by atoms with Gasteiger partial charge in [-0.05, 0) is 29.7 Å². The van der Waals surface area contributed by atoms with Crippen molar-refractivity contribution in [1.29, 1.82) is 0 Å². The minimum atomic E-state index is -0.376. The van der Waals surface area contributed by atoms with E-state index in [-0.39, 0.29) is 48.8 Å². The molecule has 29 heavy (non-hydrogen) atoms. The summed E-state index contributed by atoms with van der Waals surface area (Å²) in [5.41, 5.74) is 1.88. The van der Waals surface area contributed by atoms with Crippen molar-refractivity contribution in [2.45, 2.75) is 13.0 Å². The molecule has 0 fully saturated rings. The van der Waals surface area contributed by atoms with Crippen LogP contribution in [-0.4, -0.2) is 51.1 Å². The monoisotopic (exact) mass is 514 g/mol. The molecule has 0 saturated heterocycles. The van der Waals surface area contributed by atoms with Crippen molar-refractivity contribution in [2.75, 3.05) is 34.3 Å². The molecular formula is C21H28FIN4O2. The van der Waals surface area contributed by atoms with Gasteiger partial charge in [-0.15, -0.1) is 24.0 Å². The summed E-state index contributed by atoms with van der Waals surface area (Å²) in [5.74, 6) is 0.498. The number of nitrogens with zero attached hydrogens (tertiary/aromatic N) is 2. The Bertz CT molecular complexity index is 801. The number of aliphatic imine (C=N–C) groups is 1. The van der Waals surface area contributed by atoms with E-state index < -0.39 is 0 Å². The van der Waals surface area contributed by atoms with E-state index in [0.29, 0.717) is 23.8 Å². The molecule has 2 N–H and O–H groups in total. The van der Waals surface area contributed by atoms with E-state index in [2.05, 4.69) is 27.8 Å². The van der Waals surface area contributed by atoms with E-state index in [4.69, 9.17) is 4.74 Å². The summed E-state index contributed by atoms with van der Waals surface area (Å²) in [6, 6.07) is 14.6. The van der Waals surface area contributed by atoms with Crippen LogP contribution >= 0.6 is 24.0 Å². The van der Waals surface area contributed by atoms with Crippen LogP contribution in [0.5, 0.6) is 5.75 Å². The minimum absolute atomic E-state index is 0. The highest BCUT2D eigenvalue weighted by atomic mass is 127. The van der Waals surface area contributed by atoms with Crippen molar-refractivity contribution in [3.63, 3.8) is 0 Å². The number of likely N-dealkylation sites (N-methyl/N-ethyl adjacent to an activating group) is 1. The van der Waals surface area contributed by atoms with E-state index in [1.165, 1.54) is 29.7 Å². The average molecular weight is 514 g/mol. The Morgan fingerprint density at radius 2 is 1.83 bits per heavy atom. The zero-order valence-corrected chi connectivity index (χ0v) is 19.3. The molecule has 0 atom stereocenters. The van der Waals surface area contributed by atoms with Gasteiger partial charge >= 0.3 is 0 Å². The number of hydrogen-bond acceptors (Lipinski definition) is 3. The molecule has 0 bridgehead atoms. The molecule has 1 amide bonds. The fourth-order valence-corrected chi connectivity index (χ4v) is 2.46. The van der Waals surface area contributed by atoms with E-state index in [0.717, 1.165) is 6.42 Å². The number of benzene rings is 2. The van der Waals surface area contributed by atoms with Gasteiger partial charge in [0.2, 0.25) is 5.91 Å². The van der Waals surface area contributed by atoms with Crippen molar-refractivity contribution in [3.8, 4) is 5.75 Å². The van der Waals surface area contributed by atoms with Crippen molar-refractivity contribution >= 4 is 35.8 Å². The quantitative estimate of drug-likeness (QED) is 0.323. The number of halogens is 2. The zero-order chi connectivity index (χ0) is 20.4. The number of ether oxygens (including phenoxy) is 1. The summed E-state index contributed by atoms with van der Waals surface area (Å²) < 4.78 is 18.8. The topological polar surface area (TPSA) is 66.0 Å². The highest BCUT2D eigenvalue weighted by Gasteiger charge is 2.07. The Morgan fingerprint density at radius 3 is 2.48 bits per heavy atom. The maximum atomic E-state index is 13.7. The van der Waals surface area contributed by atoms with Gasteiger partial charge in [0.15, 0.2) is 5.96 Å². The Kier molecular flexibility index (Phi) is 11.0. The van der Waals surface area contributed by atoms with Crippen LogP contribution in [0.25, 0.3) is 0 Å². The highest BCUT2D eigenvalue weighted by molar-refractivity contribution is 14.0. The Morgan fingerprint density at radius 1 is 1.10 bits per heavy atom. The predicted octanol–water partition coefficient (Wildman–Crippen LogP) is 2.82. The number of guanidine groups is 1. The van der Waals surface area contributed by atoms with Crippen molar-refractivity contribution in [2.24, 2.45) is 4.99 Å². The van der Waals surface area contributed by atoms with Crippen LogP contribution in [0.3, 0.4) is 0 Å². The lowest BCUT2D eigenvalue weighted by Crippen LogP contribution is -2.43. The molecule has 0 unspecified atom stereocenters. The van der Waals surface area contributed by atoms with Gasteiger partial charge in [0.1, 0.15) is 11.6 Å². The van der Waals surface area contributed by atoms with E-state index in [1.54, 1.807) is 20.2 Å². The number of rotatable bonds is 8. The molecule has 0 aliphatic heterocycles. The SMILES string of the molecule is COc1cc(F)cc(CN=C(NCCc2ccccc2)NCC(=O)N(C)C)c1.I. The number of carbonyl (C=O) groups excluding carboxylic acids is 1. The molecule has 0 aliphatic rings. The van der Waals surface area contributed by atoms with Gasteiger partial charge in [-0.1, -0.05) is 30.3 Å². The fraction of sp³-hybridized carbons (Fsp3) is 0.333. The van der Waals surface area contributed by atoms with Crippen LogP contribution in [0.2, 0.25) is 0 Å². The summed E-state index contributed by atoms with van der Waals surface area (Å²) in [5, 5.41) is 6.24. The molecule has 0 radical (unpaired) electrons. The van der Waals surface area contributed by atoms with Gasteiger partial charge < -0.3 is 20.3 Å². The first-order valence-electron chi connectivity index (χ1n) is 9.07. The van der Waals surface area contributed by atoms with Gasteiger partial charge in [-0.25, -0.2) is 9.38 Å². The van der Waals surface area contributed by atoms with E-state index in [9.17, 15) is 9.18 Å². The zero-order valence-electron chi connectivity index (χ0n) is 16.9. The molecule has 158 valence electrons. The molecule has 2 rings (SSSR count). The van der Waals surface area contributed by atoms with Crippen molar-refractivity contribution in [3.05, 3.63) is 65.5 Å². The van der Waals surface area contributed by atoms with Crippen LogP contribution in [-0.2, 0) is 17.8 Å². The summed E-state index contributed by atoms with van der Waals surface area (Å²) in [6.07, 6.45) is 0.816. The Balaban J connectivity index is 0.00000420. The second kappa shape index (κ2) is 13.0. The number of amides is 1. The second-order valence-electron chi connectivity index (χ2n) is 6.47. The molecular weight excluding hydrogens is 486 g/mol. The lowest BCUT2D eigenvalue weighted by Gasteiger charge is -2.15. The van der Waals surface area contributed by atoms with Crippen LogP contribution < -0.4 is 15.4 Å². The smallest absolute Gasteiger partial charge is 0.241 e. The lowest BCUT2D eigenvalue weighted by atomic mass is 10.1. The highest BCUT2D eigenvalue weighted by Crippen LogP contribution is 2.16. The molecule has 8 heteroatoms. The molecule has 0 aromatic heterocycles. The summed E-state index contributed by atoms with van der Waals surface area (Å²) in [7, 11) is 4.89. The van der Waals surface area contributed by atoms with Gasteiger partial charge in [-0.3, -0.25) is 4.79 Å². The lowest BCUT2D eigenvalue weighted by molar-refractivity contribution is -0.127. The summed E-state index contributed by atoms with van der Waals surface area (Å²) in [4.78, 5) is 17.8. The van der Waals surface area contributed by atoms with Crippen molar-refractivity contribution in [1.82, 2.24) is 15.5 Å². The van der Waals surface area contributed by atoms with Crippen LogP contribution in [0.15, 0.2) is 53.5 Å². The normalized spacial score (nSPS) is 10.7. The summed E-state index contributed by atoms with van der Waals surface area (Å²) >= 11 is 0. The molecule has 0 saturated carbocycles. The molecule has 0 spiro atoms.